The Bertz CT molecular complexity index is 349. The Labute approximate surface area is 85.6 Å². The molecule has 2 rings (SSSR count). The molecule has 0 fully saturated rings. The van der Waals surface area contributed by atoms with Gasteiger partial charge in [0.2, 0.25) is 0 Å². The molecule has 0 amide bonds. The first-order valence-electron chi connectivity index (χ1n) is 4.78. The molecule has 0 aromatic carbocycles. The number of hydrogen-bond donors (Lipinski definition) is 1. The van der Waals surface area contributed by atoms with Crippen molar-refractivity contribution in [3.05, 3.63) is 47.5 Å². The van der Waals surface area contributed by atoms with E-state index in [1.165, 1.54) is 16.8 Å². The second-order valence-corrected chi connectivity index (χ2v) is 3.64. The summed E-state index contributed by atoms with van der Waals surface area (Å²) in [5, 5.41) is 0. The van der Waals surface area contributed by atoms with Crippen LogP contribution in [0.2, 0.25) is 0 Å². The topological polar surface area (TPSA) is 20.7 Å². The number of nitrogens with one attached hydrogen (secondary N) is 1. The van der Waals surface area contributed by atoms with Crippen LogP contribution in [0.5, 0.6) is 0 Å². The molecule has 0 bridgehead atoms. The molecule has 2 heterocycles. The van der Waals surface area contributed by atoms with Crippen molar-refractivity contribution in [2.45, 2.75) is 20.8 Å². The average Bonchev–Trinajstić information content (AvgIpc) is 2.65. The van der Waals surface area contributed by atoms with Gasteiger partial charge in [-0.25, -0.2) is 0 Å². The molecule has 0 saturated heterocycles. The van der Waals surface area contributed by atoms with Crippen molar-refractivity contribution in [2.24, 2.45) is 7.05 Å². The van der Waals surface area contributed by atoms with Crippen LogP contribution in [0.1, 0.15) is 16.8 Å². The molecule has 0 spiro atoms. The summed E-state index contributed by atoms with van der Waals surface area (Å²) in [6, 6.07) is 4.15. The number of aromatic amines is 1. The van der Waals surface area contributed by atoms with Crippen molar-refractivity contribution < 1.29 is 0 Å². The van der Waals surface area contributed by atoms with Crippen LogP contribution in [0.3, 0.4) is 0 Å². The van der Waals surface area contributed by atoms with Crippen molar-refractivity contribution in [1.29, 1.82) is 0 Å². The minimum Gasteiger partial charge on any atom is -0.365 e. The highest BCUT2D eigenvalue weighted by Crippen LogP contribution is 1.99. The van der Waals surface area contributed by atoms with Gasteiger partial charge in [0.1, 0.15) is 0 Å². The van der Waals surface area contributed by atoms with Crippen LogP contribution in [-0.2, 0) is 7.05 Å². The molecule has 0 radical (unpaired) electrons. The third kappa shape index (κ3) is 3.13. The van der Waals surface area contributed by atoms with Gasteiger partial charge in [-0.3, -0.25) is 0 Å². The van der Waals surface area contributed by atoms with Gasteiger partial charge in [-0.1, -0.05) is 0 Å². The van der Waals surface area contributed by atoms with Crippen LogP contribution in [-0.4, -0.2) is 9.55 Å². The Morgan fingerprint density at radius 3 is 2.00 bits per heavy atom. The van der Waals surface area contributed by atoms with E-state index in [0.29, 0.717) is 0 Å². The smallest absolute Gasteiger partial charge is 0.0145 e. The molecule has 14 heavy (non-hydrogen) atoms. The summed E-state index contributed by atoms with van der Waals surface area (Å²) >= 11 is 0. The Balaban J connectivity index is 0.000000140. The van der Waals surface area contributed by atoms with Crippen molar-refractivity contribution >= 4 is 0 Å². The molecule has 2 nitrogen and oxygen atoms in total. The zero-order chi connectivity index (χ0) is 10.6. The number of aromatic nitrogens is 2. The SMILES string of the molecule is Cc1cc[nH]c1C.Cc1ccn(C)c1. The number of rotatable bonds is 0. The number of hydrogen-bond acceptors (Lipinski definition) is 0. The normalized spacial score (nSPS) is 9.43. The first kappa shape index (κ1) is 10.6. The summed E-state index contributed by atoms with van der Waals surface area (Å²) in [6.07, 6.45) is 6.07. The first-order chi connectivity index (χ1) is 6.59. The maximum atomic E-state index is 3.07. The summed E-state index contributed by atoms with van der Waals surface area (Å²) in [4.78, 5) is 3.07. The van der Waals surface area contributed by atoms with Gasteiger partial charge >= 0.3 is 0 Å². The number of nitrogens with zero attached hydrogens (tertiary/aromatic N) is 1. The van der Waals surface area contributed by atoms with E-state index >= 15 is 0 Å². The molecule has 0 aliphatic heterocycles. The minimum atomic E-state index is 1.26. The fourth-order valence-corrected chi connectivity index (χ4v) is 1.17. The lowest BCUT2D eigenvalue weighted by atomic mass is 10.3. The standard InChI is InChI=1S/2C6H9N/c1-6-3-4-7(2)5-6;1-5-3-4-7-6(5)2/h3-5H,1-2H3;3-4,7H,1-2H3. The van der Waals surface area contributed by atoms with E-state index in [1.54, 1.807) is 0 Å². The fourth-order valence-electron chi connectivity index (χ4n) is 1.17. The fraction of sp³-hybridized carbons (Fsp3) is 0.333. The van der Waals surface area contributed by atoms with E-state index in [-0.39, 0.29) is 0 Å². The highest BCUT2D eigenvalue weighted by molar-refractivity contribution is 5.15. The second kappa shape index (κ2) is 4.70. The largest absolute Gasteiger partial charge is 0.365 e. The summed E-state index contributed by atoms with van der Waals surface area (Å²) in [5.74, 6) is 0. The predicted octanol–water partition coefficient (Wildman–Crippen LogP) is 2.97. The quantitative estimate of drug-likeness (QED) is 0.659. The molecular weight excluding hydrogens is 172 g/mol. The molecule has 0 aliphatic carbocycles. The molecule has 0 atom stereocenters. The molecule has 76 valence electrons. The third-order valence-corrected chi connectivity index (χ3v) is 2.20. The lowest BCUT2D eigenvalue weighted by Crippen LogP contribution is -1.76. The third-order valence-electron chi connectivity index (χ3n) is 2.20. The maximum Gasteiger partial charge on any atom is 0.0145 e. The molecule has 2 aromatic rings. The van der Waals surface area contributed by atoms with E-state index in [9.17, 15) is 0 Å². The van der Waals surface area contributed by atoms with Gasteiger partial charge in [-0.15, -0.1) is 0 Å². The molecule has 0 unspecified atom stereocenters. The van der Waals surface area contributed by atoms with Gasteiger partial charge in [-0.05, 0) is 44.0 Å². The van der Waals surface area contributed by atoms with Crippen molar-refractivity contribution in [2.75, 3.05) is 0 Å². The predicted molar refractivity (Wildman–Crippen MR) is 60.4 cm³/mol. The van der Waals surface area contributed by atoms with E-state index in [0.717, 1.165) is 0 Å². The average molecular weight is 190 g/mol. The molecule has 0 saturated carbocycles. The molecule has 2 heteroatoms. The zero-order valence-electron chi connectivity index (χ0n) is 9.33. The summed E-state index contributed by atoms with van der Waals surface area (Å²) < 4.78 is 2.04. The monoisotopic (exact) mass is 190 g/mol. The highest BCUT2D eigenvalue weighted by atomic mass is 14.9. The highest BCUT2D eigenvalue weighted by Gasteiger charge is 1.85. The van der Waals surface area contributed by atoms with E-state index in [2.05, 4.69) is 44.1 Å². The number of H-pyrrole nitrogens is 1. The van der Waals surface area contributed by atoms with Crippen LogP contribution in [0.4, 0.5) is 0 Å². The Kier molecular flexibility index (Phi) is 3.57. The van der Waals surface area contributed by atoms with Crippen LogP contribution >= 0.6 is 0 Å². The van der Waals surface area contributed by atoms with E-state index < -0.39 is 0 Å². The molecule has 2 aromatic heterocycles. The lowest BCUT2D eigenvalue weighted by molar-refractivity contribution is 0.925. The molecule has 1 N–H and O–H groups in total. The van der Waals surface area contributed by atoms with Crippen LogP contribution in [0.25, 0.3) is 0 Å². The van der Waals surface area contributed by atoms with E-state index in [4.69, 9.17) is 0 Å². The summed E-state index contributed by atoms with van der Waals surface area (Å²) in [5.41, 5.74) is 3.92. The minimum absolute atomic E-state index is 1.26. The van der Waals surface area contributed by atoms with Gasteiger partial charge in [0.15, 0.2) is 0 Å². The van der Waals surface area contributed by atoms with Gasteiger partial charge in [0, 0.05) is 31.3 Å². The van der Waals surface area contributed by atoms with Gasteiger partial charge < -0.3 is 9.55 Å². The maximum absolute atomic E-state index is 3.07. The molecule has 0 aliphatic rings. The summed E-state index contributed by atoms with van der Waals surface area (Å²) in [7, 11) is 2.02. The van der Waals surface area contributed by atoms with Gasteiger partial charge in [-0.2, -0.15) is 0 Å². The van der Waals surface area contributed by atoms with Crippen molar-refractivity contribution in [3.63, 3.8) is 0 Å². The van der Waals surface area contributed by atoms with E-state index in [1.807, 2.05) is 24.0 Å². The Morgan fingerprint density at radius 2 is 1.86 bits per heavy atom. The zero-order valence-corrected chi connectivity index (χ0v) is 9.33. The van der Waals surface area contributed by atoms with Crippen LogP contribution < -0.4 is 0 Å². The lowest BCUT2D eigenvalue weighted by Gasteiger charge is -1.81. The van der Waals surface area contributed by atoms with Crippen LogP contribution in [0, 0.1) is 20.8 Å². The van der Waals surface area contributed by atoms with Crippen LogP contribution in [0.15, 0.2) is 30.7 Å². The first-order valence-corrected chi connectivity index (χ1v) is 4.78. The summed E-state index contributed by atoms with van der Waals surface area (Å²) in [6.45, 7) is 6.24. The number of aryl methyl sites for hydroxylation is 4. The van der Waals surface area contributed by atoms with Gasteiger partial charge in [0.25, 0.3) is 0 Å². The van der Waals surface area contributed by atoms with Gasteiger partial charge in [0.05, 0.1) is 0 Å². The Morgan fingerprint density at radius 1 is 1.14 bits per heavy atom. The van der Waals surface area contributed by atoms with Crippen molar-refractivity contribution in [1.82, 2.24) is 9.55 Å². The second-order valence-electron chi connectivity index (χ2n) is 3.64. The molecular formula is C12H18N2. The Hall–Kier alpha value is -1.44. The van der Waals surface area contributed by atoms with Crippen molar-refractivity contribution in [3.8, 4) is 0 Å².